The minimum absolute atomic E-state index is 0.0375. The molecule has 104 valence electrons. The van der Waals surface area contributed by atoms with E-state index in [9.17, 15) is 4.79 Å². The lowest BCUT2D eigenvalue weighted by Gasteiger charge is -2.35. The van der Waals surface area contributed by atoms with Gasteiger partial charge in [0.05, 0.1) is 12.6 Å². The lowest BCUT2D eigenvalue weighted by atomic mass is 9.88. The Hall–Kier alpha value is -0.420. The summed E-state index contributed by atoms with van der Waals surface area (Å²) in [7, 11) is 0. The maximum atomic E-state index is 11.8. The van der Waals surface area contributed by atoms with Gasteiger partial charge in [-0.15, -0.1) is 0 Å². The van der Waals surface area contributed by atoms with Crippen LogP contribution in [0.5, 0.6) is 0 Å². The molecule has 1 heterocycles. The maximum Gasteiger partial charge on any atom is 0.315 e. The summed E-state index contributed by atoms with van der Waals surface area (Å²) in [6.07, 6.45) is 9.47. The number of urea groups is 1. The molecule has 1 aliphatic carbocycles. The van der Waals surface area contributed by atoms with Gasteiger partial charge in [0.2, 0.25) is 0 Å². The average molecular weight is 272 g/mol. The number of nitrogens with one attached hydrogen (secondary N) is 2. The number of carbonyl (C=O) groups is 1. The summed E-state index contributed by atoms with van der Waals surface area (Å²) in [6.45, 7) is 2.20. The summed E-state index contributed by atoms with van der Waals surface area (Å²) < 4.78 is 5.51. The van der Waals surface area contributed by atoms with Crippen molar-refractivity contribution >= 4 is 17.8 Å². The molecule has 1 saturated heterocycles. The van der Waals surface area contributed by atoms with E-state index < -0.39 is 0 Å². The third-order valence-electron chi connectivity index (χ3n) is 4.03. The highest BCUT2D eigenvalue weighted by molar-refractivity contribution is 8.00. The van der Waals surface area contributed by atoms with E-state index in [1.54, 1.807) is 0 Å². The Morgan fingerprint density at radius 3 is 2.78 bits per heavy atom. The monoisotopic (exact) mass is 272 g/mol. The summed E-state index contributed by atoms with van der Waals surface area (Å²) in [5.41, 5.74) is 0. The van der Waals surface area contributed by atoms with Crippen molar-refractivity contribution in [1.29, 1.82) is 0 Å². The molecule has 1 atom stereocenters. The lowest BCUT2D eigenvalue weighted by molar-refractivity contribution is 0.188. The number of amides is 2. The van der Waals surface area contributed by atoms with Gasteiger partial charge in [-0.25, -0.2) is 4.79 Å². The van der Waals surface area contributed by atoms with Crippen molar-refractivity contribution in [3.63, 3.8) is 0 Å². The van der Waals surface area contributed by atoms with Gasteiger partial charge in [0, 0.05) is 17.9 Å². The number of carbonyl (C=O) groups excluding carboxylic acids is 1. The topological polar surface area (TPSA) is 50.4 Å². The van der Waals surface area contributed by atoms with E-state index in [2.05, 4.69) is 16.9 Å². The molecule has 1 unspecified atom stereocenters. The SMILES string of the molecule is CSC1(CNC(=O)NC2CCOC2)CCCCC1. The van der Waals surface area contributed by atoms with Crippen LogP contribution in [0.15, 0.2) is 0 Å². The Morgan fingerprint density at radius 1 is 1.39 bits per heavy atom. The zero-order valence-electron chi connectivity index (χ0n) is 11.2. The van der Waals surface area contributed by atoms with Crippen LogP contribution >= 0.6 is 11.8 Å². The van der Waals surface area contributed by atoms with Crippen LogP contribution in [0.1, 0.15) is 38.5 Å². The highest BCUT2D eigenvalue weighted by Crippen LogP contribution is 2.37. The van der Waals surface area contributed by atoms with Crippen LogP contribution in [-0.2, 0) is 4.74 Å². The molecule has 5 heteroatoms. The Balaban J connectivity index is 1.73. The van der Waals surface area contributed by atoms with Gasteiger partial charge < -0.3 is 15.4 Å². The molecule has 2 rings (SSSR count). The first kappa shape index (κ1) is 14.0. The van der Waals surface area contributed by atoms with Crippen molar-refractivity contribution in [2.45, 2.75) is 49.3 Å². The Kier molecular flexibility index (Phi) is 5.18. The summed E-state index contributed by atoms with van der Waals surface area (Å²) in [5.74, 6) is 0. The largest absolute Gasteiger partial charge is 0.379 e. The molecule has 0 aromatic rings. The first-order chi connectivity index (χ1) is 8.74. The second-order valence-electron chi connectivity index (χ2n) is 5.34. The van der Waals surface area contributed by atoms with Crippen LogP contribution in [0.2, 0.25) is 0 Å². The molecule has 2 amide bonds. The molecule has 1 saturated carbocycles. The van der Waals surface area contributed by atoms with Crippen LogP contribution in [0.4, 0.5) is 4.79 Å². The number of ether oxygens (including phenoxy) is 1. The zero-order chi connectivity index (χ0) is 12.8. The molecular formula is C13H24N2O2S. The van der Waals surface area contributed by atoms with Gasteiger partial charge in [-0.3, -0.25) is 0 Å². The lowest BCUT2D eigenvalue weighted by Crippen LogP contribution is -2.48. The van der Waals surface area contributed by atoms with Gasteiger partial charge >= 0.3 is 6.03 Å². The third kappa shape index (κ3) is 3.79. The van der Waals surface area contributed by atoms with Crippen LogP contribution < -0.4 is 10.6 Å². The molecule has 0 spiro atoms. The summed E-state index contributed by atoms with van der Waals surface area (Å²) >= 11 is 1.91. The molecule has 18 heavy (non-hydrogen) atoms. The summed E-state index contributed by atoms with van der Waals surface area (Å²) in [5, 5.41) is 6.02. The van der Waals surface area contributed by atoms with Gasteiger partial charge in [-0.2, -0.15) is 11.8 Å². The van der Waals surface area contributed by atoms with Gasteiger partial charge in [-0.1, -0.05) is 19.3 Å². The molecular weight excluding hydrogens is 248 g/mol. The van der Waals surface area contributed by atoms with Crippen molar-refractivity contribution in [3.05, 3.63) is 0 Å². The van der Waals surface area contributed by atoms with Crippen molar-refractivity contribution < 1.29 is 9.53 Å². The molecule has 4 nitrogen and oxygen atoms in total. The quantitative estimate of drug-likeness (QED) is 0.824. The van der Waals surface area contributed by atoms with E-state index in [4.69, 9.17) is 4.74 Å². The molecule has 1 aliphatic heterocycles. The number of thioether (sulfide) groups is 1. The minimum atomic E-state index is -0.0375. The molecule has 2 N–H and O–H groups in total. The maximum absolute atomic E-state index is 11.8. The first-order valence-electron chi connectivity index (χ1n) is 6.91. The van der Waals surface area contributed by atoms with Gasteiger partial charge in [0.15, 0.2) is 0 Å². The molecule has 0 radical (unpaired) electrons. The Labute approximate surface area is 114 Å². The second-order valence-corrected chi connectivity index (χ2v) is 6.61. The van der Waals surface area contributed by atoms with E-state index in [0.717, 1.165) is 19.6 Å². The van der Waals surface area contributed by atoms with E-state index in [-0.39, 0.29) is 16.8 Å². The highest BCUT2D eigenvalue weighted by Gasteiger charge is 2.31. The van der Waals surface area contributed by atoms with Crippen LogP contribution in [0.25, 0.3) is 0 Å². The Morgan fingerprint density at radius 2 is 2.17 bits per heavy atom. The van der Waals surface area contributed by atoms with Crippen molar-refractivity contribution in [2.24, 2.45) is 0 Å². The fourth-order valence-corrected chi connectivity index (χ4v) is 3.69. The van der Waals surface area contributed by atoms with Crippen molar-refractivity contribution in [3.8, 4) is 0 Å². The smallest absolute Gasteiger partial charge is 0.315 e. The standard InChI is InChI=1S/C13H24N2O2S/c1-18-13(6-3-2-4-7-13)10-14-12(16)15-11-5-8-17-9-11/h11H,2-10H2,1H3,(H2,14,15,16). The Bertz CT molecular complexity index is 274. The fourth-order valence-electron chi connectivity index (χ4n) is 2.78. The second kappa shape index (κ2) is 6.66. The normalized spacial score (nSPS) is 26.8. The van der Waals surface area contributed by atoms with E-state index in [0.29, 0.717) is 6.61 Å². The molecule has 0 bridgehead atoms. The molecule has 0 aromatic heterocycles. The van der Waals surface area contributed by atoms with Crippen molar-refractivity contribution in [2.75, 3.05) is 26.0 Å². The molecule has 0 aromatic carbocycles. The first-order valence-corrected chi connectivity index (χ1v) is 8.14. The number of rotatable bonds is 4. The van der Waals surface area contributed by atoms with Crippen LogP contribution in [0, 0.1) is 0 Å². The molecule has 2 aliphatic rings. The van der Waals surface area contributed by atoms with Crippen LogP contribution in [0.3, 0.4) is 0 Å². The predicted molar refractivity (Wildman–Crippen MR) is 75.1 cm³/mol. The fraction of sp³-hybridized carbons (Fsp3) is 0.923. The van der Waals surface area contributed by atoms with E-state index in [1.165, 1.54) is 32.1 Å². The average Bonchev–Trinajstić information content (AvgIpc) is 2.90. The summed E-state index contributed by atoms with van der Waals surface area (Å²) in [6, 6.07) is 0.158. The minimum Gasteiger partial charge on any atom is -0.379 e. The van der Waals surface area contributed by atoms with Gasteiger partial charge in [-0.05, 0) is 25.5 Å². The highest BCUT2D eigenvalue weighted by atomic mass is 32.2. The number of hydrogen-bond acceptors (Lipinski definition) is 3. The van der Waals surface area contributed by atoms with Gasteiger partial charge in [0.25, 0.3) is 0 Å². The van der Waals surface area contributed by atoms with E-state index >= 15 is 0 Å². The molecule has 2 fully saturated rings. The van der Waals surface area contributed by atoms with Crippen LogP contribution in [-0.4, -0.2) is 42.8 Å². The zero-order valence-corrected chi connectivity index (χ0v) is 12.0. The number of hydrogen-bond donors (Lipinski definition) is 2. The third-order valence-corrected chi connectivity index (χ3v) is 5.45. The predicted octanol–water partition coefficient (Wildman–Crippen LogP) is 2.14. The summed E-state index contributed by atoms with van der Waals surface area (Å²) in [4.78, 5) is 11.8. The van der Waals surface area contributed by atoms with Crippen molar-refractivity contribution in [1.82, 2.24) is 10.6 Å². The van der Waals surface area contributed by atoms with Gasteiger partial charge in [0.1, 0.15) is 0 Å². The van der Waals surface area contributed by atoms with E-state index in [1.807, 2.05) is 11.8 Å².